The molecule has 0 unspecified atom stereocenters. The van der Waals surface area contributed by atoms with Gasteiger partial charge >= 0.3 is 0 Å². The van der Waals surface area contributed by atoms with E-state index in [0.717, 1.165) is 24.2 Å². The molecule has 1 aromatic heterocycles. The summed E-state index contributed by atoms with van der Waals surface area (Å²) in [6.07, 6.45) is 10.2. The topological polar surface area (TPSA) is 65.5 Å². The van der Waals surface area contributed by atoms with Gasteiger partial charge in [-0.15, -0.1) is 0 Å². The largest absolute Gasteiger partial charge is 0.353 e. The first-order chi connectivity index (χ1) is 13.0. The minimum atomic E-state index is -0.339. The predicted molar refractivity (Wildman–Crippen MR) is 105 cm³/mol. The zero-order chi connectivity index (χ0) is 19.2. The average Bonchev–Trinajstić information content (AvgIpc) is 2.67. The minimum Gasteiger partial charge on any atom is -0.353 e. The Balaban J connectivity index is 1.60. The number of nitrogens with zero attached hydrogens (tertiary/aromatic N) is 3. The van der Waals surface area contributed by atoms with Crippen LogP contribution in [0, 0.1) is 12.8 Å². The number of pyridine rings is 1. The number of aryl methyl sites for hydroxylation is 1. The van der Waals surface area contributed by atoms with Crippen LogP contribution < -0.4 is 5.32 Å². The van der Waals surface area contributed by atoms with Gasteiger partial charge in [0.15, 0.2) is 0 Å². The smallest absolute Gasteiger partial charge is 0.237 e. The maximum absolute atomic E-state index is 12.8. The molecule has 0 bridgehead atoms. The third-order valence-corrected chi connectivity index (χ3v) is 6.00. The molecule has 2 heterocycles. The van der Waals surface area contributed by atoms with Gasteiger partial charge in [0.2, 0.25) is 11.8 Å². The van der Waals surface area contributed by atoms with Crippen molar-refractivity contribution in [2.45, 2.75) is 58.0 Å². The van der Waals surface area contributed by atoms with Gasteiger partial charge in [0.1, 0.15) is 0 Å². The molecule has 1 aliphatic carbocycles. The van der Waals surface area contributed by atoms with Crippen LogP contribution in [0.1, 0.15) is 49.7 Å². The van der Waals surface area contributed by atoms with Gasteiger partial charge < -0.3 is 10.2 Å². The molecule has 2 aliphatic rings. The fourth-order valence-corrected chi connectivity index (χ4v) is 4.25. The summed E-state index contributed by atoms with van der Waals surface area (Å²) in [5.74, 6) is 0.681. The second-order valence-corrected chi connectivity index (χ2v) is 8.06. The van der Waals surface area contributed by atoms with Crippen LogP contribution in [0.2, 0.25) is 0 Å². The van der Waals surface area contributed by atoms with Crippen molar-refractivity contribution in [3.05, 3.63) is 29.6 Å². The Morgan fingerprint density at radius 1 is 1.33 bits per heavy atom. The monoisotopic (exact) mass is 372 g/mol. The van der Waals surface area contributed by atoms with Crippen molar-refractivity contribution in [1.29, 1.82) is 0 Å². The molecule has 1 aromatic rings. The molecule has 3 rings (SSSR count). The van der Waals surface area contributed by atoms with Crippen LogP contribution >= 0.6 is 0 Å². The molecule has 6 nitrogen and oxygen atoms in total. The van der Waals surface area contributed by atoms with Gasteiger partial charge in [-0.2, -0.15) is 0 Å². The maximum Gasteiger partial charge on any atom is 0.237 e. The van der Waals surface area contributed by atoms with Crippen molar-refractivity contribution in [3.8, 4) is 0 Å². The van der Waals surface area contributed by atoms with Gasteiger partial charge in [0.25, 0.3) is 0 Å². The molecule has 1 atom stereocenters. The van der Waals surface area contributed by atoms with Crippen LogP contribution in [-0.4, -0.2) is 59.3 Å². The zero-order valence-corrected chi connectivity index (χ0v) is 16.6. The van der Waals surface area contributed by atoms with Gasteiger partial charge in [0.05, 0.1) is 12.5 Å². The lowest BCUT2D eigenvalue weighted by molar-refractivity contribution is -0.138. The van der Waals surface area contributed by atoms with E-state index in [1.807, 2.05) is 26.2 Å². The summed E-state index contributed by atoms with van der Waals surface area (Å²) in [5, 5.41) is 2.94. The van der Waals surface area contributed by atoms with E-state index < -0.39 is 0 Å². The average molecular weight is 373 g/mol. The van der Waals surface area contributed by atoms with E-state index in [0.29, 0.717) is 19.0 Å². The number of nitrogens with one attached hydrogen (secondary N) is 1. The normalized spacial score (nSPS) is 21.7. The number of rotatable bonds is 6. The highest BCUT2D eigenvalue weighted by molar-refractivity contribution is 5.88. The zero-order valence-electron chi connectivity index (χ0n) is 16.6. The number of aromatic nitrogens is 1. The Labute approximate surface area is 162 Å². The molecule has 0 spiro atoms. The molecule has 148 valence electrons. The minimum absolute atomic E-state index is 0.00102. The number of hydrogen-bond donors (Lipinski definition) is 1. The van der Waals surface area contributed by atoms with Crippen molar-refractivity contribution >= 4 is 11.8 Å². The van der Waals surface area contributed by atoms with Gasteiger partial charge in [0, 0.05) is 45.6 Å². The number of hydrogen-bond acceptors (Lipinski definition) is 4. The van der Waals surface area contributed by atoms with E-state index >= 15 is 0 Å². The second-order valence-electron chi connectivity index (χ2n) is 8.06. The summed E-state index contributed by atoms with van der Waals surface area (Å²) in [7, 11) is 1.81. The Morgan fingerprint density at radius 3 is 2.85 bits per heavy atom. The van der Waals surface area contributed by atoms with Gasteiger partial charge in [-0.25, -0.2) is 0 Å². The van der Waals surface area contributed by atoms with Gasteiger partial charge in [-0.1, -0.05) is 19.3 Å². The highest BCUT2D eigenvalue weighted by Crippen LogP contribution is 2.26. The molecule has 1 saturated heterocycles. The molecule has 2 fully saturated rings. The molecule has 1 N–H and O–H groups in total. The van der Waals surface area contributed by atoms with Crippen LogP contribution in [0.3, 0.4) is 0 Å². The van der Waals surface area contributed by atoms with Crippen LogP contribution in [-0.2, 0) is 16.1 Å². The third kappa shape index (κ3) is 5.28. The molecule has 6 heteroatoms. The molecule has 2 amide bonds. The number of piperazine rings is 1. The molecule has 1 saturated carbocycles. The predicted octanol–water partition coefficient (Wildman–Crippen LogP) is 2.12. The summed E-state index contributed by atoms with van der Waals surface area (Å²) in [6.45, 7) is 5.01. The molecular formula is C21H32N4O2. The number of amides is 2. The van der Waals surface area contributed by atoms with Crippen LogP contribution in [0.15, 0.2) is 18.5 Å². The quantitative estimate of drug-likeness (QED) is 0.831. The highest BCUT2D eigenvalue weighted by Gasteiger charge is 2.33. The number of carbonyl (C=O) groups is 2. The van der Waals surface area contributed by atoms with Gasteiger partial charge in [-0.3, -0.25) is 19.5 Å². The molecule has 0 aromatic carbocycles. The summed E-state index contributed by atoms with van der Waals surface area (Å²) in [6, 6.07) is 1.61. The second kappa shape index (κ2) is 9.31. The van der Waals surface area contributed by atoms with Gasteiger partial charge in [-0.05, 0) is 42.9 Å². The summed E-state index contributed by atoms with van der Waals surface area (Å²) in [5.41, 5.74) is 2.17. The van der Waals surface area contributed by atoms with E-state index in [1.165, 1.54) is 32.1 Å². The fraction of sp³-hybridized carbons (Fsp3) is 0.667. The molecule has 27 heavy (non-hydrogen) atoms. The summed E-state index contributed by atoms with van der Waals surface area (Å²) in [4.78, 5) is 33.4. The van der Waals surface area contributed by atoms with E-state index in [9.17, 15) is 9.59 Å². The van der Waals surface area contributed by atoms with Crippen molar-refractivity contribution in [1.82, 2.24) is 20.1 Å². The van der Waals surface area contributed by atoms with Crippen LogP contribution in [0.25, 0.3) is 0 Å². The molecule has 0 radical (unpaired) electrons. The first kappa shape index (κ1) is 19.8. The highest BCUT2D eigenvalue weighted by atomic mass is 16.2. The van der Waals surface area contributed by atoms with E-state index in [2.05, 4.69) is 15.2 Å². The maximum atomic E-state index is 12.8. The Morgan fingerprint density at radius 2 is 2.11 bits per heavy atom. The van der Waals surface area contributed by atoms with Crippen LogP contribution in [0.5, 0.6) is 0 Å². The van der Waals surface area contributed by atoms with E-state index in [4.69, 9.17) is 0 Å². The first-order valence-corrected chi connectivity index (χ1v) is 10.2. The Hall–Kier alpha value is -1.95. The lowest BCUT2D eigenvalue weighted by atomic mass is 9.88. The summed E-state index contributed by atoms with van der Waals surface area (Å²) >= 11 is 0. The Bertz CT molecular complexity index is 657. The van der Waals surface area contributed by atoms with Crippen molar-refractivity contribution < 1.29 is 9.59 Å². The van der Waals surface area contributed by atoms with Crippen LogP contribution in [0.4, 0.5) is 0 Å². The fourth-order valence-electron chi connectivity index (χ4n) is 4.25. The SMILES string of the molecule is Cc1cnccc1CN(C)C(=O)C[C@@H]1C(=O)NCCN1CC1CCCCC1. The standard InChI is InChI=1S/C21H32N4O2/c1-16-13-22-9-8-18(16)15-24(2)20(26)12-19-21(27)23-10-11-25(19)14-17-6-4-3-5-7-17/h8-9,13,17,19H,3-7,10-12,14-15H2,1-2H3,(H,23,27)/t19-/m1/s1. The molecule has 1 aliphatic heterocycles. The number of carbonyl (C=O) groups excluding carboxylic acids is 2. The van der Waals surface area contributed by atoms with Crippen molar-refractivity contribution in [2.75, 3.05) is 26.7 Å². The lowest BCUT2D eigenvalue weighted by Gasteiger charge is -2.38. The summed E-state index contributed by atoms with van der Waals surface area (Å²) < 4.78 is 0. The third-order valence-electron chi connectivity index (χ3n) is 6.00. The molecular weight excluding hydrogens is 340 g/mol. The van der Waals surface area contributed by atoms with Crippen molar-refractivity contribution in [3.63, 3.8) is 0 Å². The van der Waals surface area contributed by atoms with E-state index in [-0.39, 0.29) is 24.3 Å². The lowest BCUT2D eigenvalue weighted by Crippen LogP contribution is -2.57. The Kier molecular flexibility index (Phi) is 6.83. The van der Waals surface area contributed by atoms with Crippen molar-refractivity contribution in [2.24, 2.45) is 5.92 Å². The first-order valence-electron chi connectivity index (χ1n) is 10.2. The van der Waals surface area contributed by atoms with E-state index in [1.54, 1.807) is 11.1 Å².